The molecular formula is C13H10F2Fe. The van der Waals surface area contributed by atoms with Crippen molar-refractivity contribution in [1.29, 1.82) is 0 Å². The Balaban J connectivity index is 0.000000318. The zero-order chi connectivity index (χ0) is 10.9. The van der Waals surface area contributed by atoms with Crippen molar-refractivity contribution in [2.24, 2.45) is 0 Å². The molecule has 16 heavy (non-hydrogen) atoms. The fourth-order valence-corrected chi connectivity index (χ4v) is 0.916. The molecule has 0 spiro atoms. The molecule has 3 heteroatoms. The molecule has 0 aliphatic heterocycles. The van der Waals surface area contributed by atoms with Gasteiger partial charge in [-0.1, -0.05) is 5.92 Å². The minimum atomic E-state index is -2.53. The fourth-order valence-electron chi connectivity index (χ4n) is 0.916. The third-order valence-corrected chi connectivity index (χ3v) is 1.54. The van der Waals surface area contributed by atoms with Gasteiger partial charge in [0, 0.05) is 17.1 Å². The normalized spacial score (nSPS) is 19.4. The van der Waals surface area contributed by atoms with Crippen LogP contribution in [0.5, 0.6) is 0 Å². The summed E-state index contributed by atoms with van der Waals surface area (Å²) in [5.41, 5.74) is 0. The van der Waals surface area contributed by atoms with E-state index < -0.39 is 6.43 Å². The van der Waals surface area contributed by atoms with Crippen LogP contribution in [-0.2, 0) is 17.1 Å². The first-order valence-electron chi connectivity index (χ1n) is 4.47. The fraction of sp³-hybridized carbons (Fsp3) is 0.0769. The van der Waals surface area contributed by atoms with E-state index >= 15 is 0 Å². The van der Waals surface area contributed by atoms with Gasteiger partial charge in [-0.2, -0.15) is 8.78 Å². The Labute approximate surface area is 108 Å². The minimum absolute atomic E-state index is 0. The molecule has 0 aromatic carbocycles. The van der Waals surface area contributed by atoms with Crippen molar-refractivity contribution in [3.8, 4) is 11.8 Å². The number of hydrogen-bond donors (Lipinski definition) is 0. The van der Waals surface area contributed by atoms with Gasteiger partial charge in [-0.05, 0) is 63.7 Å². The molecule has 0 unspecified atom stereocenters. The van der Waals surface area contributed by atoms with Crippen molar-refractivity contribution < 1.29 is 25.8 Å². The summed E-state index contributed by atoms with van der Waals surface area (Å²) in [6.07, 6.45) is 14.4. The summed E-state index contributed by atoms with van der Waals surface area (Å²) in [6.45, 7) is 0. The zero-order valence-electron chi connectivity index (χ0n) is 8.38. The van der Waals surface area contributed by atoms with Gasteiger partial charge >= 0.3 is 0 Å². The Kier molecular flexibility index (Phi) is 10.1. The summed E-state index contributed by atoms with van der Waals surface area (Å²) in [6, 6.07) is 0. The maximum atomic E-state index is 11.5. The molecule has 0 heterocycles. The third-order valence-electron chi connectivity index (χ3n) is 1.54. The molecule has 0 bridgehead atoms. The molecule has 0 nitrogen and oxygen atoms in total. The van der Waals surface area contributed by atoms with Crippen LogP contribution in [0, 0.1) is 75.5 Å². The molecule has 2 saturated carbocycles. The second-order valence-corrected chi connectivity index (χ2v) is 2.71. The summed E-state index contributed by atoms with van der Waals surface area (Å²) in [5, 5.41) is 0. The topological polar surface area (TPSA) is 0 Å². The molecule has 0 saturated heterocycles. The van der Waals surface area contributed by atoms with Gasteiger partial charge in [-0.25, -0.2) is 0 Å². The van der Waals surface area contributed by atoms with E-state index in [1.165, 1.54) is 0 Å². The quantitative estimate of drug-likeness (QED) is 0.464. The molecule has 0 aromatic heterocycles. The summed E-state index contributed by atoms with van der Waals surface area (Å²) in [7, 11) is 0. The Morgan fingerprint density at radius 3 is 1.62 bits per heavy atom. The average molecular weight is 260 g/mol. The number of halogens is 2. The maximum absolute atomic E-state index is 11.5. The van der Waals surface area contributed by atoms with Gasteiger partial charge < -0.3 is 0 Å². The van der Waals surface area contributed by atoms with E-state index in [1.807, 2.05) is 32.1 Å². The standard InChI is InChI=1S/C8H5F2.C5H5.Fe/c9-8(10)6-5-7-3-1-2-4-7;1-2-4-5-3-1;/h1-4,8H;1-5H;. The molecule has 2 aliphatic rings. The Morgan fingerprint density at radius 2 is 1.25 bits per heavy atom. The predicted octanol–water partition coefficient (Wildman–Crippen LogP) is 2.68. The van der Waals surface area contributed by atoms with Gasteiger partial charge in [-0.15, -0.1) is 0 Å². The molecule has 0 aromatic rings. The van der Waals surface area contributed by atoms with E-state index in [4.69, 9.17) is 0 Å². The molecular weight excluding hydrogens is 250 g/mol. The first kappa shape index (κ1) is 15.9. The van der Waals surface area contributed by atoms with Gasteiger partial charge in [0.25, 0.3) is 6.43 Å². The second-order valence-electron chi connectivity index (χ2n) is 2.71. The summed E-state index contributed by atoms with van der Waals surface area (Å²) >= 11 is 0. The van der Waals surface area contributed by atoms with Crippen LogP contribution in [0.3, 0.4) is 0 Å². The monoisotopic (exact) mass is 260 g/mol. The van der Waals surface area contributed by atoms with Crippen LogP contribution in [0.1, 0.15) is 0 Å². The van der Waals surface area contributed by atoms with Crippen molar-refractivity contribution in [3.63, 3.8) is 0 Å². The van der Waals surface area contributed by atoms with E-state index in [9.17, 15) is 8.78 Å². The Bertz CT molecular complexity index is 200. The summed E-state index contributed by atoms with van der Waals surface area (Å²) in [5.74, 6) is 4.73. The van der Waals surface area contributed by atoms with Crippen molar-refractivity contribution in [2.45, 2.75) is 6.43 Å². The molecule has 2 aliphatic carbocycles. The minimum Gasteiger partial charge on any atom is -0.196 e. The molecule has 2 rings (SSSR count). The zero-order valence-corrected chi connectivity index (χ0v) is 9.49. The van der Waals surface area contributed by atoms with Gasteiger partial charge in [0.2, 0.25) is 0 Å². The third kappa shape index (κ3) is 8.13. The van der Waals surface area contributed by atoms with Gasteiger partial charge in [0.15, 0.2) is 0 Å². The van der Waals surface area contributed by atoms with Crippen LogP contribution in [0.2, 0.25) is 0 Å². The first-order valence-corrected chi connectivity index (χ1v) is 4.47. The van der Waals surface area contributed by atoms with Crippen molar-refractivity contribution in [3.05, 3.63) is 63.7 Å². The van der Waals surface area contributed by atoms with Crippen LogP contribution in [0.15, 0.2) is 0 Å². The second kappa shape index (κ2) is 10.1. The predicted molar refractivity (Wildman–Crippen MR) is 55.7 cm³/mol. The summed E-state index contributed by atoms with van der Waals surface area (Å²) in [4.78, 5) is 0. The SMILES string of the molecule is FC(F)C#C[C]1[CH][CH][CH][CH]1.[CH]1[CH][CH][CH][CH]1.[Fe]. The van der Waals surface area contributed by atoms with Crippen LogP contribution in [-0.4, -0.2) is 6.43 Å². The molecule has 84 valence electrons. The number of hydrogen-bond acceptors (Lipinski definition) is 0. The van der Waals surface area contributed by atoms with E-state index in [1.54, 1.807) is 31.6 Å². The van der Waals surface area contributed by atoms with Gasteiger partial charge in [0.05, 0.1) is 5.92 Å². The van der Waals surface area contributed by atoms with E-state index in [0.29, 0.717) is 5.92 Å². The number of alkyl halides is 2. The molecule has 0 amide bonds. The molecule has 2 fully saturated rings. The van der Waals surface area contributed by atoms with E-state index in [2.05, 4.69) is 5.92 Å². The largest absolute Gasteiger partial charge is 0.298 e. The Morgan fingerprint density at radius 1 is 0.812 bits per heavy atom. The van der Waals surface area contributed by atoms with Gasteiger partial charge in [0.1, 0.15) is 0 Å². The van der Waals surface area contributed by atoms with Crippen molar-refractivity contribution in [1.82, 2.24) is 0 Å². The average Bonchev–Trinajstić information content (AvgIpc) is 2.91. The van der Waals surface area contributed by atoms with Crippen LogP contribution in [0.4, 0.5) is 8.78 Å². The van der Waals surface area contributed by atoms with Crippen LogP contribution >= 0.6 is 0 Å². The van der Waals surface area contributed by atoms with Crippen molar-refractivity contribution in [2.75, 3.05) is 0 Å². The smallest absolute Gasteiger partial charge is 0.196 e. The molecule has 0 atom stereocenters. The molecule has 10 radical (unpaired) electrons. The number of rotatable bonds is 0. The molecule has 0 N–H and O–H groups in total. The van der Waals surface area contributed by atoms with E-state index in [0.717, 1.165) is 0 Å². The van der Waals surface area contributed by atoms with Crippen molar-refractivity contribution >= 4 is 0 Å². The van der Waals surface area contributed by atoms with Crippen LogP contribution in [0.25, 0.3) is 0 Å². The van der Waals surface area contributed by atoms with Crippen LogP contribution < -0.4 is 0 Å². The maximum Gasteiger partial charge on any atom is 0.298 e. The van der Waals surface area contributed by atoms with Gasteiger partial charge in [-0.3, -0.25) is 0 Å². The summed E-state index contributed by atoms with van der Waals surface area (Å²) < 4.78 is 22.9. The first-order chi connectivity index (χ1) is 7.29. The Hall–Kier alpha value is -0.0605. The van der Waals surface area contributed by atoms with E-state index in [-0.39, 0.29) is 17.1 Å².